The molecule has 5 rings (SSSR count). The van der Waals surface area contributed by atoms with Gasteiger partial charge in [-0.15, -0.1) is 22.7 Å². The highest BCUT2D eigenvalue weighted by Gasteiger charge is 2.22. The number of aryl methyl sites for hydroxylation is 3. The van der Waals surface area contributed by atoms with Crippen molar-refractivity contribution in [2.45, 2.75) is 27.4 Å². The van der Waals surface area contributed by atoms with E-state index in [1.54, 1.807) is 24.3 Å². The van der Waals surface area contributed by atoms with Gasteiger partial charge in [-0.05, 0) is 44.4 Å². The fraction of sp³-hybridized carbons (Fsp3) is 0.190. The van der Waals surface area contributed by atoms with Crippen LogP contribution >= 0.6 is 22.7 Å². The number of hydrogen-bond donors (Lipinski definition) is 0. The van der Waals surface area contributed by atoms with E-state index >= 15 is 0 Å². The van der Waals surface area contributed by atoms with Crippen LogP contribution in [0.5, 0.6) is 0 Å². The molecule has 0 radical (unpaired) electrons. The van der Waals surface area contributed by atoms with Gasteiger partial charge >= 0.3 is 5.97 Å². The molecule has 31 heavy (non-hydrogen) atoms. The second-order valence-electron chi connectivity index (χ2n) is 6.90. The predicted molar refractivity (Wildman–Crippen MR) is 116 cm³/mol. The van der Waals surface area contributed by atoms with Crippen LogP contribution in [0.25, 0.3) is 33.1 Å². The highest BCUT2D eigenvalue weighted by molar-refractivity contribution is 7.13. The first kappa shape index (κ1) is 19.6. The van der Waals surface area contributed by atoms with E-state index in [-0.39, 0.29) is 12.5 Å². The van der Waals surface area contributed by atoms with Gasteiger partial charge in [0.15, 0.2) is 6.61 Å². The Kier molecular flexibility index (Phi) is 4.87. The lowest BCUT2D eigenvalue weighted by molar-refractivity contribution is 0.0432. The molecule has 5 heterocycles. The fourth-order valence-electron chi connectivity index (χ4n) is 3.30. The number of hydrogen-bond acceptors (Lipinski definition) is 10. The maximum atomic E-state index is 13.0. The number of aromatic nitrogens is 4. The van der Waals surface area contributed by atoms with E-state index in [1.165, 1.54) is 11.3 Å². The minimum Gasteiger partial charge on any atom is -0.452 e. The second-order valence-corrected chi connectivity index (χ2v) is 9.30. The Labute approximate surface area is 184 Å². The SMILES string of the molecule is Cc1cc(-c2cc(C(=O)OCc3nc(-c4cccs4)no3)c3c(C)noc3n2)c(C)s1. The van der Waals surface area contributed by atoms with Crippen molar-refractivity contribution in [3.05, 3.63) is 56.5 Å². The number of esters is 1. The first-order chi connectivity index (χ1) is 15.0. The molecule has 0 spiro atoms. The largest absolute Gasteiger partial charge is 0.452 e. The zero-order valence-electron chi connectivity index (χ0n) is 16.8. The predicted octanol–water partition coefficient (Wildman–Crippen LogP) is 5.35. The molecule has 0 aromatic carbocycles. The van der Waals surface area contributed by atoms with E-state index in [2.05, 4.69) is 20.3 Å². The number of rotatable bonds is 5. The second kappa shape index (κ2) is 7.71. The zero-order chi connectivity index (χ0) is 21.5. The molecule has 0 saturated carbocycles. The molecular formula is C21H16N4O4S2. The third-order valence-electron chi connectivity index (χ3n) is 4.69. The molecular weight excluding hydrogens is 436 g/mol. The highest BCUT2D eigenvalue weighted by Crippen LogP contribution is 2.33. The van der Waals surface area contributed by atoms with Crippen molar-refractivity contribution in [1.82, 2.24) is 20.3 Å². The summed E-state index contributed by atoms with van der Waals surface area (Å²) in [5.74, 6) is 0.141. The molecule has 5 aromatic rings. The Morgan fingerprint density at radius 2 is 2.00 bits per heavy atom. The molecule has 0 aliphatic rings. The van der Waals surface area contributed by atoms with Crippen LogP contribution in [0.1, 0.15) is 31.7 Å². The standard InChI is InChI=1S/C21H16N4O4S2/c1-10-7-13(12(3)31-10)15-8-14(18-11(2)24-29-20(18)22-15)21(26)27-9-17-23-19(25-28-17)16-5-4-6-30-16/h4-8H,9H2,1-3H3. The summed E-state index contributed by atoms with van der Waals surface area (Å²) in [6.45, 7) is 5.66. The number of thiophene rings is 2. The van der Waals surface area contributed by atoms with Crippen LogP contribution in [0.2, 0.25) is 0 Å². The van der Waals surface area contributed by atoms with Crippen molar-refractivity contribution in [3.63, 3.8) is 0 Å². The lowest BCUT2D eigenvalue weighted by Crippen LogP contribution is -2.07. The summed E-state index contributed by atoms with van der Waals surface area (Å²) in [6.07, 6.45) is 0. The summed E-state index contributed by atoms with van der Waals surface area (Å²) in [7, 11) is 0. The number of carbonyl (C=O) groups excluding carboxylic acids is 1. The van der Waals surface area contributed by atoms with E-state index < -0.39 is 5.97 Å². The van der Waals surface area contributed by atoms with Crippen molar-refractivity contribution in [2.24, 2.45) is 0 Å². The Morgan fingerprint density at radius 1 is 1.13 bits per heavy atom. The molecule has 10 heteroatoms. The molecule has 0 N–H and O–H groups in total. The molecule has 0 atom stereocenters. The summed E-state index contributed by atoms with van der Waals surface area (Å²) in [6, 6.07) is 7.55. The van der Waals surface area contributed by atoms with Gasteiger partial charge in [-0.3, -0.25) is 0 Å². The molecule has 0 saturated heterocycles. The smallest absolute Gasteiger partial charge is 0.339 e. The van der Waals surface area contributed by atoms with Crippen LogP contribution in [-0.2, 0) is 11.3 Å². The number of pyridine rings is 1. The lowest BCUT2D eigenvalue weighted by atomic mass is 10.1. The first-order valence-electron chi connectivity index (χ1n) is 9.37. The number of fused-ring (bicyclic) bond motifs is 1. The summed E-state index contributed by atoms with van der Waals surface area (Å²) in [5, 5.41) is 10.4. The Balaban J connectivity index is 1.45. The van der Waals surface area contributed by atoms with Gasteiger partial charge in [0.25, 0.3) is 11.6 Å². The van der Waals surface area contributed by atoms with E-state index in [1.807, 2.05) is 37.4 Å². The molecule has 0 aliphatic heterocycles. The summed E-state index contributed by atoms with van der Waals surface area (Å²) in [4.78, 5) is 25.0. The van der Waals surface area contributed by atoms with Gasteiger partial charge < -0.3 is 13.8 Å². The van der Waals surface area contributed by atoms with Crippen molar-refractivity contribution in [1.29, 1.82) is 0 Å². The minimum atomic E-state index is -0.541. The Hall–Kier alpha value is -3.37. The van der Waals surface area contributed by atoms with Crippen LogP contribution in [-0.4, -0.2) is 26.3 Å². The molecule has 5 aromatic heterocycles. The van der Waals surface area contributed by atoms with Crippen LogP contribution in [0.3, 0.4) is 0 Å². The van der Waals surface area contributed by atoms with Crippen molar-refractivity contribution in [2.75, 3.05) is 0 Å². The summed E-state index contributed by atoms with van der Waals surface area (Å²) >= 11 is 3.17. The average Bonchev–Trinajstić information content (AvgIpc) is 3.53. The van der Waals surface area contributed by atoms with Gasteiger partial charge in [0.1, 0.15) is 0 Å². The Bertz CT molecular complexity index is 1400. The van der Waals surface area contributed by atoms with Gasteiger partial charge in [-0.1, -0.05) is 16.4 Å². The van der Waals surface area contributed by atoms with Crippen LogP contribution < -0.4 is 0 Å². The monoisotopic (exact) mass is 452 g/mol. The third kappa shape index (κ3) is 3.64. The quantitative estimate of drug-likeness (QED) is 0.329. The molecule has 0 aliphatic carbocycles. The molecule has 0 bridgehead atoms. The molecule has 8 nitrogen and oxygen atoms in total. The maximum absolute atomic E-state index is 13.0. The average molecular weight is 453 g/mol. The van der Waals surface area contributed by atoms with E-state index in [0.717, 1.165) is 20.2 Å². The summed E-state index contributed by atoms with van der Waals surface area (Å²) < 4.78 is 16.0. The molecule has 0 fully saturated rings. The van der Waals surface area contributed by atoms with Crippen LogP contribution in [0.15, 0.2) is 38.7 Å². The number of carbonyl (C=O) groups is 1. The lowest BCUT2D eigenvalue weighted by Gasteiger charge is -2.06. The van der Waals surface area contributed by atoms with Crippen LogP contribution in [0, 0.1) is 20.8 Å². The molecule has 0 unspecified atom stereocenters. The van der Waals surface area contributed by atoms with E-state index in [4.69, 9.17) is 13.8 Å². The molecule has 0 amide bonds. The first-order valence-corrected chi connectivity index (χ1v) is 11.1. The van der Waals surface area contributed by atoms with Gasteiger partial charge in [0.05, 0.1) is 27.2 Å². The van der Waals surface area contributed by atoms with E-state index in [9.17, 15) is 4.79 Å². The van der Waals surface area contributed by atoms with E-state index in [0.29, 0.717) is 33.9 Å². The summed E-state index contributed by atoms with van der Waals surface area (Å²) in [5.41, 5.74) is 2.78. The maximum Gasteiger partial charge on any atom is 0.339 e. The zero-order valence-corrected chi connectivity index (χ0v) is 18.5. The number of ether oxygens (including phenoxy) is 1. The van der Waals surface area contributed by atoms with Crippen LogP contribution in [0.4, 0.5) is 0 Å². The molecule has 156 valence electrons. The van der Waals surface area contributed by atoms with Gasteiger partial charge in [0, 0.05) is 15.3 Å². The van der Waals surface area contributed by atoms with Gasteiger partial charge in [0.2, 0.25) is 5.82 Å². The highest BCUT2D eigenvalue weighted by atomic mass is 32.1. The van der Waals surface area contributed by atoms with Gasteiger partial charge in [-0.25, -0.2) is 9.78 Å². The fourth-order valence-corrected chi connectivity index (χ4v) is 4.89. The van der Waals surface area contributed by atoms with Crippen molar-refractivity contribution >= 4 is 39.7 Å². The van der Waals surface area contributed by atoms with Crippen molar-refractivity contribution in [3.8, 4) is 22.0 Å². The Morgan fingerprint density at radius 3 is 2.74 bits per heavy atom. The topological polar surface area (TPSA) is 104 Å². The normalized spacial score (nSPS) is 11.3. The number of nitrogens with zero attached hydrogens (tertiary/aromatic N) is 4. The van der Waals surface area contributed by atoms with Gasteiger partial charge in [-0.2, -0.15) is 4.98 Å². The minimum absolute atomic E-state index is 0.142. The third-order valence-corrected chi connectivity index (χ3v) is 6.52. The van der Waals surface area contributed by atoms with Crippen molar-refractivity contribution < 1.29 is 18.6 Å².